The Kier molecular flexibility index (Phi) is 4.79. The first-order valence-electron chi connectivity index (χ1n) is 8.60. The van der Waals surface area contributed by atoms with Crippen LogP contribution in [0.3, 0.4) is 0 Å². The van der Waals surface area contributed by atoms with Gasteiger partial charge in [-0.2, -0.15) is 0 Å². The van der Waals surface area contributed by atoms with Crippen LogP contribution in [0.25, 0.3) is 5.76 Å². The average Bonchev–Trinajstić information content (AvgIpc) is 3.00. The van der Waals surface area contributed by atoms with Gasteiger partial charge in [0.05, 0.1) is 23.5 Å². The molecule has 0 saturated carbocycles. The van der Waals surface area contributed by atoms with Crippen LogP contribution in [0.2, 0.25) is 0 Å². The Bertz CT molecular complexity index is 1060. The summed E-state index contributed by atoms with van der Waals surface area (Å²) in [5.74, 6) is -1.62. The lowest BCUT2D eigenvalue weighted by Gasteiger charge is -2.25. The molecule has 4 rings (SSSR count). The van der Waals surface area contributed by atoms with Crippen molar-refractivity contribution in [2.24, 2.45) is 0 Å². The number of rotatable bonds is 3. The fraction of sp³-hybridized carbons (Fsp3) is 0.0455. The van der Waals surface area contributed by atoms with E-state index in [0.717, 1.165) is 10.0 Å². The number of nitrogens with zero attached hydrogens (tertiary/aromatic N) is 2. The molecule has 3 aromatic rings. The molecule has 0 aliphatic carbocycles. The van der Waals surface area contributed by atoms with Gasteiger partial charge < -0.3 is 5.11 Å². The Morgan fingerprint density at radius 3 is 2.32 bits per heavy atom. The van der Waals surface area contributed by atoms with Crippen molar-refractivity contribution in [1.29, 1.82) is 0 Å². The normalized spacial score (nSPS) is 18.5. The van der Waals surface area contributed by atoms with Gasteiger partial charge in [-0.3, -0.25) is 19.5 Å². The fourth-order valence-corrected chi connectivity index (χ4v) is 3.57. The van der Waals surface area contributed by atoms with Gasteiger partial charge in [0, 0.05) is 16.2 Å². The highest BCUT2D eigenvalue weighted by molar-refractivity contribution is 9.10. The largest absolute Gasteiger partial charge is 0.507 e. The van der Waals surface area contributed by atoms with E-state index in [-0.39, 0.29) is 11.3 Å². The van der Waals surface area contributed by atoms with Gasteiger partial charge >= 0.3 is 0 Å². The molecule has 1 aliphatic rings. The number of hydrogen-bond acceptors (Lipinski definition) is 4. The van der Waals surface area contributed by atoms with Crippen LogP contribution in [0.1, 0.15) is 17.2 Å². The van der Waals surface area contributed by atoms with Crippen molar-refractivity contribution < 1.29 is 14.7 Å². The number of Topliss-reactive ketones (excluding diaryl/α,β-unsaturated/α-hetero) is 1. The topological polar surface area (TPSA) is 70.5 Å². The van der Waals surface area contributed by atoms with E-state index < -0.39 is 17.7 Å². The van der Waals surface area contributed by atoms with Crippen LogP contribution in [-0.4, -0.2) is 21.8 Å². The summed E-state index contributed by atoms with van der Waals surface area (Å²) in [7, 11) is 0. The highest BCUT2D eigenvalue weighted by atomic mass is 79.9. The van der Waals surface area contributed by atoms with Gasteiger partial charge in [-0.25, -0.2) is 0 Å². The summed E-state index contributed by atoms with van der Waals surface area (Å²) in [6.45, 7) is 0. The van der Waals surface area contributed by atoms with Crippen LogP contribution in [0.5, 0.6) is 0 Å². The van der Waals surface area contributed by atoms with Crippen LogP contribution in [0.15, 0.2) is 89.2 Å². The predicted molar refractivity (Wildman–Crippen MR) is 110 cm³/mol. The van der Waals surface area contributed by atoms with Crippen LogP contribution in [0.4, 0.5) is 5.69 Å². The maximum Gasteiger partial charge on any atom is 0.300 e. The molecule has 1 N–H and O–H groups in total. The molecule has 2 aromatic carbocycles. The fourth-order valence-electron chi connectivity index (χ4n) is 3.31. The molecular formula is C22H15BrN2O3. The molecule has 28 heavy (non-hydrogen) atoms. The first kappa shape index (κ1) is 18.1. The zero-order valence-electron chi connectivity index (χ0n) is 14.6. The molecule has 0 radical (unpaired) electrons. The second-order valence-corrected chi connectivity index (χ2v) is 7.21. The van der Waals surface area contributed by atoms with Crippen molar-refractivity contribution in [3.05, 3.63) is 100 Å². The number of aromatic nitrogens is 1. The van der Waals surface area contributed by atoms with E-state index in [4.69, 9.17) is 0 Å². The molecule has 1 aliphatic heterocycles. The molecule has 138 valence electrons. The van der Waals surface area contributed by atoms with Crippen LogP contribution in [0, 0.1) is 0 Å². The summed E-state index contributed by atoms with van der Waals surface area (Å²) in [4.78, 5) is 31.3. The Morgan fingerprint density at radius 1 is 0.964 bits per heavy atom. The van der Waals surface area contributed by atoms with Crippen molar-refractivity contribution >= 4 is 39.1 Å². The molecule has 1 fully saturated rings. The number of carbonyl (C=O) groups excluding carboxylic acids is 2. The maximum absolute atomic E-state index is 12.9. The molecule has 5 nitrogen and oxygen atoms in total. The third-order valence-electron chi connectivity index (χ3n) is 4.60. The molecular weight excluding hydrogens is 420 g/mol. The Balaban J connectivity index is 1.94. The lowest BCUT2D eigenvalue weighted by Crippen LogP contribution is -2.29. The molecule has 1 amide bonds. The SMILES string of the molecule is O=C1C(=O)N(c2cccnc2)C(c2ccccc2)/C1=C(/O)c1ccc(Br)cc1. The number of halogens is 1. The van der Waals surface area contributed by atoms with E-state index >= 15 is 0 Å². The van der Waals surface area contributed by atoms with Gasteiger partial charge in [-0.15, -0.1) is 0 Å². The number of benzene rings is 2. The van der Waals surface area contributed by atoms with E-state index in [1.54, 1.807) is 42.6 Å². The molecule has 1 atom stereocenters. The van der Waals surface area contributed by atoms with Gasteiger partial charge in [0.25, 0.3) is 11.7 Å². The number of hydrogen-bond donors (Lipinski definition) is 1. The standard InChI is InChI=1S/C22H15BrN2O3/c23-16-10-8-15(9-11-16)20(26)18-19(14-5-2-1-3-6-14)25(22(28)21(18)27)17-7-4-12-24-13-17/h1-13,19,26H/b20-18-. The van der Waals surface area contributed by atoms with E-state index in [2.05, 4.69) is 20.9 Å². The summed E-state index contributed by atoms with van der Waals surface area (Å²) in [6, 6.07) is 18.8. The van der Waals surface area contributed by atoms with Gasteiger partial charge in [-0.05, 0) is 29.8 Å². The predicted octanol–water partition coefficient (Wildman–Crippen LogP) is 4.47. The molecule has 1 unspecified atom stereocenters. The second-order valence-electron chi connectivity index (χ2n) is 6.30. The molecule has 6 heteroatoms. The number of aliphatic hydroxyl groups is 1. The van der Waals surface area contributed by atoms with Crippen molar-refractivity contribution in [3.63, 3.8) is 0 Å². The van der Waals surface area contributed by atoms with Gasteiger partial charge in [0.1, 0.15) is 5.76 Å². The van der Waals surface area contributed by atoms with Crippen molar-refractivity contribution in [3.8, 4) is 0 Å². The average molecular weight is 435 g/mol. The maximum atomic E-state index is 12.9. The minimum atomic E-state index is -0.742. The Hall–Kier alpha value is -3.25. The number of ketones is 1. The third kappa shape index (κ3) is 3.12. The minimum Gasteiger partial charge on any atom is -0.507 e. The van der Waals surface area contributed by atoms with E-state index in [9.17, 15) is 14.7 Å². The summed E-state index contributed by atoms with van der Waals surface area (Å²) >= 11 is 3.35. The van der Waals surface area contributed by atoms with Gasteiger partial charge in [0.2, 0.25) is 0 Å². The molecule has 2 heterocycles. The number of pyridine rings is 1. The quantitative estimate of drug-likeness (QED) is 0.375. The summed E-state index contributed by atoms with van der Waals surface area (Å²) in [5, 5.41) is 10.9. The van der Waals surface area contributed by atoms with E-state index in [1.807, 2.05) is 30.3 Å². The number of aliphatic hydroxyl groups excluding tert-OH is 1. The van der Waals surface area contributed by atoms with Gasteiger partial charge in [0.15, 0.2) is 0 Å². The van der Waals surface area contributed by atoms with Crippen LogP contribution in [-0.2, 0) is 9.59 Å². The summed E-state index contributed by atoms with van der Waals surface area (Å²) in [5.41, 5.74) is 1.74. The number of amides is 1. The smallest absolute Gasteiger partial charge is 0.300 e. The zero-order valence-corrected chi connectivity index (χ0v) is 16.2. The lowest BCUT2D eigenvalue weighted by molar-refractivity contribution is -0.132. The van der Waals surface area contributed by atoms with E-state index in [1.165, 1.54) is 11.1 Å². The van der Waals surface area contributed by atoms with E-state index in [0.29, 0.717) is 11.3 Å². The van der Waals surface area contributed by atoms with Crippen molar-refractivity contribution in [1.82, 2.24) is 4.98 Å². The summed E-state index contributed by atoms with van der Waals surface area (Å²) < 4.78 is 0.847. The van der Waals surface area contributed by atoms with Crippen LogP contribution >= 0.6 is 15.9 Å². The third-order valence-corrected chi connectivity index (χ3v) is 5.13. The molecule has 1 aromatic heterocycles. The van der Waals surface area contributed by atoms with Crippen LogP contribution < -0.4 is 4.90 Å². The first-order chi connectivity index (χ1) is 13.6. The lowest BCUT2D eigenvalue weighted by atomic mass is 9.95. The second kappa shape index (κ2) is 7.40. The first-order valence-corrected chi connectivity index (χ1v) is 9.39. The number of carbonyl (C=O) groups is 2. The Labute approximate surface area is 170 Å². The Morgan fingerprint density at radius 2 is 1.68 bits per heavy atom. The zero-order chi connectivity index (χ0) is 19.7. The van der Waals surface area contributed by atoms with Crippen molar-refractivity contribution in [2.45, 2.75) is 6.04 Å². The minimum absolute atomic E-state index is 0.0578. The highest BCUT2D eigenvalue weighted by Crippen LogP contribution is 2.41. The molecule has 1 saturated heterocycles. The highest BCUT2D eigenvalue weighted by Gasteiger charge is 2.46. The number of anilines is 1. The molecule has 0 spiro atoms. The van der Waals surface area contributed by atoms with Crippen molar-refractivity contribution in [2.75, 3.05) is 4.90 Å². The monoisotopic (exact) mass is 434 g/mol. The summed E-state index contributed by atoms with van der Waals surface area (Å²) in [6.07, 6.45) is 3.13. The van der Waals surface area contributed by atoms with Gasteiger partial charge in [-0.1, -0.05) is 58.4 Å². The molecule has 0 bridgehead atoms.